The molecule has 3 unspecified atom stereocenters. The van der Waals surface area contributed by atoms with E-state index < -0.39 is 30.3 Å². The predicted molar refractivity (Wildman–Crippen MR) is 81.4 cm³/mol. The molecular formula is C15H11F5N6O2. The highest BCUT2D eigenvalue weighted by atomic mass is 19.4. The van der Waals surface area contributed by atoms with Crippen LogP contribution in [0.2, 0.25) is 0 Å². The van der Waals surface area contributed by atoms with Gasteiger partial charge in [-0.05, 0) is 28.6 Å². The van der Waals surface area contributed by atoms with Crippen LogP contribution < -0.4 is 4.74 Å². The lowest BCUT2D eigenvalue weighted by Crippen LogP contribution is -2.26. The lowest BCUT2D eigenvalue weighted by Gasteiger charge is -2.18. The number of aliphatic hydroxyl groups excluding tert-OH is 1. The van der Waals surface area contributed by atoms with Gasteiger partial charge in [-0.2, -0.15) is 17.9 Å². The van der Waals surface area contributed by atoms with Gasteiger partial charge >= 0.3 is 6.18 Å². The summed E-state index contributed by atoms with van der Waals surface area (Å²) < 4.78 is 71.5. The zero-order valence-electron chi connectivity index (χ0n) is 13.7. The van der Waals surface area contributed by atoms with Crippen LogP contribution in [0.5, 0.6) is 11.6 Å². The molecule has 0 bridgehead atoms. The van der Waals surface area contributed by atoms with Gasteiger partial charge in [0.05, 0.1) is 17.5 Å². The second-order valence-corrected chi connectivity index (χ2v) is 5.46. The zero-order chi connectivity index (χ0) is 20.3. The summed E-state index contributed by atoms with van der Waals surface area (Å²) in [5.74, 6) is -0.0862. The second-order valence-electron chi connectivity index (χ2n) is 5.46. The monoisotopic (exact) mass is 402 g/mol. The van der Waals surface area contributed by atoms with Crippen LogP contribution in [-0.4, -0.2) is 41.4 Å². The predicted octanol–water partition coefficient (Wildman–Crippen LogP) is 2.81. The Kier molecular flexibility index (Phi) is 5.44. The Morgan fingerprint density at radius 3 is 2.36 bits per heavy atom. The Bertz CT molecular complexity index is 889. The van der Waals surface area contributed by atoms with Gasteiger partial charge in [-0.25, -0.2) is 13.8 Å². The van der Waals surface area contributed by atoms with Crippen LogP contribution in [0.3, 0.4) is 0 Å². The molecule has 3 heterocycles. The van der Waals surface area contributed by atoms with Gasteiger partial charge in [0.15, 0.2) is 6.17 Å². The fourth-order valence-electron chi connectivity index (χ4n) is 2.10. The number of pyridine rings is 2. The fraction of sp³-hybridized carbons (Fsp3) is 0.267. The van der Waals surface area contributed by atoms with Gasteiger partial charge in [0.1, 0.15) is 18.2 Å². The molecule has 0 amide bonds. The van der Waals surface area contributed by atoms with E-state index in [1.807, 2.05) is 0 Å². The number of ether oxygens (including phenoxy) is 1. The quantitative estimate of drug-likeness (QED) is 0.633. The van der Waals surface area contributed by atoms with Gasteiger partial charge in [-0.3, -0.25) is 4.98 Å². The maximum atomic E-state index is 14.3. The molecule has 8 nitrogen and oxygen atoms in total. The number of hydrogen-bond acceptors (Lipinski definition) is 7. The molecule has 0 aliphatic heterocycles. The fourth-order valence-corrected chi connectivity index (χ4v) is 2.10. The SMILES string of the molecule is OC(C(F)c1ccc(Oc2ccc(C(F)(F)F)cn2)cn1)C(F)n1cnnn1. The van der Waals surface area contributed by atoms with Gasteiger partial charge < -0.3 is 9.84 Å². The van der Waals surface area contributed by atoms with Crippen molar-refractivity contribution in [2.75, 3.05) is 0 Å². The topological polar surface area (TPSA) is 98.8 Å². The molecule has 0 aliphatic carbocycles. The van der Waals surface area contributed by atoms with Crippen LogP contribution >= 0.6 is 0 Å². The minimum Gasteiger partial charge on any atom is -0.437 e. The summed E-state index contributed by atoms with van der Waals surface area (Å²) in [6.45, 7) is 0. The Hall–Kier alpha value is -3.22. The summed E-state index contributed by atoms with van der Waals surface area (Å²) in [6.07, 6.45) is -8.55. The molecule has 3 rings (SSSR count). The molecule has 0 saturated carbocycles. The minimum absolute atomic E-state index is 0.0509. The third kappa shape index (κ3) is 4.36. The molecule has 3 atom stereocenters. The lowest BCUT2D eigenvalue weighted by atomic mass is 10.1. The first-order valence-electron chi connectivity index (χ1n) is 7.61. The molecule has 0 radical (unpaired) electrons. The minimum atomic E-state index is -4.53. The van der Waals surface area contributed by atoms with Crippen LogP contribution in [0.15, 0.2) is 43.0 Å². The second kappa shape index (κ2) is 7.80. The van der Waals surface area contributed by atoms with Crippen LogP contribution in [0, 0.1) is 0 Å². The Labute approximate surface area is 153 Å². The van der Waals surface area contributed by atoms with E-state index in [1.165, 1.54) is 6.07 Å². The van der Waals surface area contributed by atoms with E-state index in [9.17, 15) is 27.1 Å². The van der Waals surface area contributed by atoms with E-state index in [0.717, 1.165) is 30.7 Å². The van der Waals surface area contributed by atoms with Crippen molar-refractivity contribution in [3.63, 3.8) is 0 Å². The molecule has 3 aromatic heterocycles. The third-order valence-electron chi connectivity index (χ3n) is 3.53. The highest BCUT2D eigenvalue weighted by molar-refractivity contribution is 5.28. The molecule has 1 N–H and O–H groups in total. The average molecular weight is 402 g/mol. The van der Waals surface area contributed by atoms with Crippen LogP contribution in [0.25, 0.3) is 0 Å². The number of rotatable bonds is 6. The van der Waals surface area contributed by atoms with E-state index in [2.05, 4.69) is 25.5 Å². The maximum Gasteiger partial charge on any atom is 0.417 e. The smallest absolute Gasteiger partial charge is 0.417 e. The lowest BCUT2D eigenvalue weighted by molar-refractivity contribution is -0.137. The van der Waals surface area contributed by atoms with Gasteiger partial charge in [0.25, 0.3) is 0 Å². The number of aromatic nitrogens is 6. The van der Waals surface area contributed by atoms with Gasteiger partial charge in [0, 0.05) is 12.3 Å². The van der Waals surface area contributed by atoms with Crippen LogP contribution in [-0.2, 0) is 6.18 Å². The molecule has 0 saturated heterocycles. The molecule has 148 valence electrons. The first-order chi connectivity index (χ1) is 13.3. The number of nitrogens with zero attached hydrogens (tertiary/aromatic N) is 6. The van der Waals surface area contributed by atoms with Gasteiger partial charge in [0.2, 0.25) is 12.2 Å². The number of aliphatic hydroxyl groups is 1. The van der Waals surface area contributed by atoms with E-state index in [0.29, 0.717) is 10.9 Å². The number of alkyl halides is 5. The number of tetrazole rings is 1. The van der Waals surface area contributed by atoms with Gasteiger partial charge in [-0.15, -0.1) is 5.10 Å². The molecule has 0 spiro atoms. The zero-order valence-corrected chi connectivity index (χ0v) is 13.7. The third-order valence-corrected chi connectivity index (χ3v) is 3.53. The van der Waals surface area contributed by atoms with E-state index in [4.69, 9.17) is 4.74 Å². The molecule has 13 heteroatoms. The molecule has 0 aromatic carbocycles. The van der Waals surface area contributed by atoms with Crippen LogP contribution in [0.4, 0.5) is 22.0 Å². The van der Waals surface area contributed by atoms with E-state index in [1.54, 1.807) is 0 Å². The molecule has 3 aromatic rings. The first-order valence-corrected chi connectivity index (χ1v) is 7.61. The van der Waals surface area contributed by atoms with Crippen molar-refractivity contribution in [1.82, 2.24) is 30.2 Å². The molecular weight excluding hydrogens is 391 g/mol. The van der Waals surface area contributed by atoms with E-state index in [-0.39, 0.29) is 17.3 Å². The first kappa shape index (κ1) is 19.5. The van der Waals surface area contributed by atoms with Crippen molar-refractivity contribution in [3.8, 4) is 11.6 Å². The van der Waals surface area contributed by atoms with Crippen LogP contribution in [0.1, 0.15) is 23.7 Å². The van der Waals surface area contributed by atoms with Crippen molar-refractivity contribution < 1.29 is 31.8 Å². The summed E-state index contributed by atoms with van der Waals surface area (Å²) in [6, 6.07) is 4.17. The number of halogens is 5. The maximum absolute atomic E-state index is 14.3. The normalized spacial score (nSPS) is 15.1. The summed E-state index contributed by atoms with van der Waals surface area (Å²) in [7, 11) is 0. The van der Waals surface area contributed by atoms with Crippen molar-refractivity contribution in [2.24, 2.45) is 0 Å². The Balaban J connectivity index is 1.66. The van der Waals surface area contributed by atoms with Crippen molar-refractivity contribution in [2.45, 2.75) is 24.7 Å². The molecule has 0 aliphatic rings. The summed E-state index contributed by atoms with van der Waals surface area (Å²) in [4.78, 5) is 7.24. The highest BCUT2D eigenvalue weighted by Crippen LogP contribution is 2.31. The average Bonchev–Trinajstić information content (AvgIpc) is 3.21. The van der Waals surface area contributed by atoms with E-state index >= 15 is 0 Å². The Morgan fingerprint density at radius 1 is 1.04 bits per heavy atom. The largest absolute Gasteiger partial charge is 0.437 e. The molecule has 28 heavy (non-hydrogen) atoms. The van der Waals surface area contributed by atoms with Crippen molar-refractivity contribution in [3.05, 3.63) is 54.2 Å². The van der Waals surface area contributed by atoms with Crippen molar-refractivity contribution >= 4 is 0 Å². The summed E-state index contributed by atoms with van der Waals surface area (Å²) in [5.41, 5.74) is -1.23. The summed E-state index contributed by atoms with van der Waals surface area (Å²) in [5, 5.41) is 19.4. The Morgan fingerprint density at radius 2 is 1.82 bits per heavy atom. The summed E-state index contributed by atoms with van der Waals surface area (Å²) >= 11 is 0. The number of hydrogen-bond donors (Lipinski definition) is 1. The van der Waals surface area contributed by atoms with Crippen molar-refractivity contribution in [1.29, 1.82) is 0 Å². The van der Waals surface area contributed by atoms with Gasteiger partial charge in [-0.1, -0.05) is 0 Å². The standard InChI is InChI=1S/C15H11F5N6O2/c16-12(13(27)14(17)26-7-23-24-25-26)10-3-2-9(6-21-10)28-11-4-1-8(5-22-11)15(18,19)20/h1-7,12-14,27H. The molecule has 0 fully saturated rings. The highest BCUT2D eigenvalue weighted by Gasteiger charge is 2.32.